The fourth-order valence-corrected chi connectivity index (χ4v) is 2.45. The van der Waals surface area contributed by atoms with Crippen molar-refractivity contribution >= 4 is 23.5 Å². The van der Waals surface area contributed by atoms with Gasteiger partial charge in [0.1, 0.15) is 0 Å². The molecule has 0 spiro atoms. The number of methoxy groups -OCH3 is 1. The van der Waals surface area contributed by atoms with E-state index in [1.165, 1.54) is 13.3 Å². The molecule has 1 saturated heterocycles. The molecule has 2 heterocycles. The maximum absolute atomic E-state index is 12.4. The second-order valence-corrected chi connectivity index (χ2v) is 5.22. The lowest BCUT2D eigenvalue weighted by atomic mass is 10.2. The van der Waals surface area contributed by atoms with Gasteiger partial charge < -0.3 is 9.64 Å². The summed E-state index contributed by atoms with van der Waals surface area (Å²) in [6, 6.07) is 1.63. The van der Waals surface area contributed by atoms with Gasteiger partial charge in [0.2, 0.25) is 0 Å². The van der Waals surface area contributed by atoms with Crippen LogP contribution in [0.5, 0.6) is 0 Å². The topological polar surface area (TPSA) is 62.7 Å². The van der Waals surface area contributed by atoms with Gasteiger partial charge in [0.05, 0.1) is 24.1 Å². The van der Waals surface area contributed by atoms with Crippen molar-refractivity contribution in [2.24, 2.45) is 0 Å². The van der Waals surface area contributed by atoms with Crippen molar-refractivity contribution in [3.8, 4) is 0 Å². The van der Waals surface area contributed by atoms with Crippen LogP contribution in [-0.2, 0) is 9.53 Å². The summed E-state index contributed by atoms with van der Waals surface area (Å²) in [5.41, 5.74) is 0.481. The Morgan fingerprint density at radius 3 is 2.67 bits per heavy atom. The summed E-state index contributed by atoms with van der Waals surface area (Å²) in [6.07, 6.45) is 3.41. The number of halogens is 1. The van der Waals surface area contributed by atoms with Crippen molar-refractivity contribution < 1.29 is 14.3 Å². The predicted octanol–water partition coefficient (Wildman–Crippen LogP) is 1.06. The number of carbonyl (C=O) groups is 2. The van der Waals surface area contributed by atoms with Crippen LogP contribution in [0.15, 0.2) is 18.5 Å². The van der Waals surface area contributed by atoms with Crippen LogP contribution < -0.4 is 0 Å². The zero-order valence-corrected chi connectivity index (χ0v) is 12.7. The standard InChI is InChI=1S/C14H18ClN3O3/c1-21-13(19)3-5-17-6-8-18(9-7-17)14(20)11-2-4-16-10-12(11)15/h2,4,10H,3,5-9H2,1H3. The van der Waals surface area contributed by atoms with E-state index >= 15 is 0 Å². The summed E-state index contributed by atoms with van der Waals surface area (Å²) < 4.78 is 4.62. The van der Waals surface area contributed by atoms with E-state index in [0.717, 1.165) is 13.1 Å². The van der Waals surface area contributed by atoms with Gasteiger partial charge in [-0.15, -0.1) is 0 Å². The maximum Gasteiger partial charge on any atom is 0.306 e. The van der Waals surface area contributed by atoms with Crippen LogP contribution in [0.4, 0.5) is 0 Å². The zero-order valence-electron chi connectivity index (χ0n) is 11.9. The fourth-order valence-electron chi connectivity index (χ4n) is 2.25. The van der Waals surface area contributed by atoms with E-state index in [1.54, 1.807) is 17.2 Å². The van der Waals surface area contributed by atoms with Gasteiger partial charge in [-0.2, -0.15) is 0 Å². The van der Waals surface area contributed by atoms with E-state index in [1.807, 2.05) is 0 Å². The Morgan fingerprint density at radius 1 is 1.33 bits per heavy atom. The van der Waals surface area contributed by atoms with Crippen LogP contribution in [-0.4, -0.2) is 66.5 Å². The molecule has 114 valence electrons. The molecule has 1 aliphatic rings. The van der Waals surface area contributed by atoms with Gasteiger partial charge in [0.25, 0.3) is 5.91 Å². The zero-order chi connectivity index (χ0) is 15.2. The van der Waals surface area contributed by atoms with E-state index in [0.29, 0.717) is 36.6 Å². The van der Waals surface area contributed by atoms with Gasteiger partial charge in [0, 0.05) is 45.1 Å². The van der Waals surface area contributed by atoms with Crippen LogP contribution in [0.25, 0.3) is 0 Å². The number of pyridine rings is 1. The molecule has 1 aromatic heterocycles. The Morgan fingerprint density at radius 2 is 2.05 bits per heavy atom. The number of amides is 1. The third-order valence-electron chi connectivity index (χ3n) is 3.52. The van der Waals surface area contributed by atoms with Crippen LogP contribution in [0.2, 0.25) is 5.02 Å². The molecular weight excluding hydrogens is 294 g/mol. The highest BCUT2D eigenvalue weighted by Gasteiger charge is 2.23. The van der Waals surface area contributed by atoms with Gasteiger partial charge in [-0.3, -0.25) is 19.5 Å². The Labute approximate surface area is 128 Å². The molecule has 0 atom stereocenters. The number of carbonyl (C=O) groups excluding carboxylic acids is 2. The number of piperazine rings is 1. The van der Waals surface area contributed by atoms with E-state index < -0.39 is 0 Å². The lowest BCUT2D eigenvalue weighted by Gasteiger charge is -2.34. The lowest BCUT2D eigenvalue weighted by Crippen LogP contribution is -2.49. The van der Waals surface area contributed by atoms with E-state index in [4.69, 9.17) is 11.6 Å². The van der Waals surface area contributed by atoms with Gasteiger partial charge in [0.15, 0.2) is 0 Å². The molecule has 0 saturated carbocycles. The van der Waals surface area contributed by atoms with Crippen LogP contribution in [0.3, 0.4) is 0 Å². The van der Waals surface area contributed by atoms with E-state index in [9.17, 15) is 9.59 Å². The minimum atomic E-state index is -0.211. The van der Waals surface area contributed by atoms with Crippen molar-refractivity contribution in [3.05, 3.63) is 29.0 Å². The second kappa shape index (κ2) is 7.38. The SMILES string of the molecule is COC(=O)CCN1CCN(C(=O)c2ccncc2Cl)CC1. The molecule has 6 nitrogen and oxygen atoms in total. The molecule has 0 aliphatic carbocycles. The Bertz CT molecular complexity index is 516. The summed E-state index contributed by atoms with van der Waals surface area (Å²) >= 11 is 6.00. The summed E-state index contributed by atoms with van der Waals surface area (Å²) in [6.45, 7) is 3.39. The van der Waals surface area contributed by atoms with Crippen molar-refractivity contribution in [1.29, 1.82) is 0 Å². The summed E-state index contributed by atoms with van der Waals surface area (Å²) in [7, 11) is 1.39. The second-order valence-electron chi connectivity index (χ2n) is 4.82. The van der Waals surface area contributed by atoms with Crippen molar-refractivity contribution in [2.75, 3.05) is 39.8 Å². The molecule has 1 amide bonds. The first-order valence-corrected chi connectivity index (χ1v) is 7.17. The minimum absolute atomic E-state index is 0.0741. The van der Waals surface area contributed by atoms with E-state index in [2.05, 4.69) is 14.6 Å². The van der Waals surface area contributed by atoms with Crippen molar-refractivity contribution in [1.82, 2.24) is 14.8 Å². The highest BCUT2D eigenvalue weighted by Crippen LogP contribution is 2.17. The monoisotopic (exact) mass is 311 g/mol. The predicted molar refractivity (Wildman–Crippen MR) is 78.2 cm³/mol. The third kappa shape index (κ3) is 4.15. The molecule has 2 rings (SSSR count). The van der Waals surface area contributed by atoms with Gasteiger partial charge in [-0.25, -0.2) is 0 Å². The molecule has 0 unspecified atom stereocenters. The Kier molecular flexibility index (Phi) is 5.52. The first-order chi connectivity index (χ1) is 10.1. The summed E-state index contributed by atoms with van der Waals surface area (Å²) in [4.78, 5) is 31.3. The summed E-state index contributed by atoms with van der Waals surface area (Å²) in [5.74, 6) is -0.285. The highest BCUT2D eigenvalue weighted by atomic mass is 35.5. The van der Waals surface area contributed by atoms with Crippen LogP contribution >= 0.6 is 11.6 Å². The van der Waals surface area contributed by atoms with Crippen LogP contribution in [0, 0.1) is 0 Å². The van der Waals surface area contributed by atoms with Crippen LogP contribution in [0.1, 0.15) is 16.8 Å². The fraction of sp³-hybridized carbons (Fsp3) is 0.500. The number of ether oxygens (including phenoxy) is 1. The maximum atomic E-state index is 12.4. The van der Waals surface area contributed by atoms with E-state index in [-0.39, 0.29) is 11.9 Å². The molecule has 21 heavy (non-hydrogen) atoms. The first kappa shape index (κ1) is 15.7. The molecule has 0 aromatic carbocycles. The number of hydrogen-bond acceptors (Lipinski definition) is 5. The molecule has 7 heteroatoms. The highest BCUT2D eigenvalue weighted by molar-refractivity contribution is 6.33. The normalized spacial score (nSPS) is 15.8. The first-order valence-electron chi connectivity index (χ1n) is 6.79. The average molecular weight is 312 g/mol. The Balaban J connectivity index is 1.85. The summed E-state index contributed by atoms with van der Waals surface area (Å²) in [5, 5.41) is 0.371. The minimum Gasteiger partial charge on any atom is -0.469 e. The molecule has 0 radical (unpaired) electrons. The number of esters is 1. The quantitative estimate of drug-likeness (QED) is 0.778. The van der Waals surface area contributed by atoms with Gasteiger partial charge in [-0.05, 0) is 6.07 Å². The molecule has 1 fully saturated rings. The molecular formula is C14H18ClN3O3. The van der Waals surface area contributed by atoms with Gasteiger partial charge >= 0.3 is 5.97 Å². The number of nitrogens with zero attached hydrogens (tertiary/aromatic N) is 3. The molecule has 0 N–H and O–H groups in total. The number of rotatable bonds is 4. The van der Waals surface area contributed by atoms with Crippen molar-refractivity contribution in [2.45, 2.75) is 6.42 Å². The molecule has 1 aromatic rings. The molecule has 0 bridgehead atoms. The average Bonchev–Trinajstić information content (AvgIpc) is 2.53. The molecule has 1 aliphatic heterocycles. The smallest absolute Gasteiger partial charge is 0.306 e. The third-order valence-corrected chi connectivity index (χ3v) is 3.82. The van der Waals surface area contributed by atoms with Gasteiger partial charge in [-0.1, -0.05) is 11.6 Å². The number of aromatic nitrogens is 1. The van der Waals surface area contributed by atoms with Crippen molar-refractivity contribution in [3.63, 3.8) is 0 Å². The largest absolute Gasteiger partial charge is 0.469 e. The Hall–Kier alpha value is -1.66. The lowest BCUT2D eigenvalue weighted by molar-refractivity contribution is -0.141. The number of hydrogen-bond donors (Lipinski definition) is 0.